The molecule has 0 aliphatic rings. The molecule has 144 valence electrons. The van der Waals surface area contributed by atoms with E-state index in [1.54, 1.807) is 0 Å². The van der Waals surface area contributed by atoms with Gasteiger partial charge in [-0.3, -0.25) is 0 Å². The van der Waals surface area contributed by atoms with Gasteiger partial charge >= 0.3 is 0 Å². The molecule has 0 amide bonds. The summed E-state index contributed by atoms with van der Waals surface area (Å²) >= 11 is 0. The largest absolute Gasteiger partial charge is 0.342 e. The van der Waals surface area contributed by atoms with E-state index in [-0.39, 0.29) is 5.41 Å². The van der Waals surface area contributed by atoms with Crippen LogP contribution in [-0.2, 0) is 5.41 Å². The van der Waals surface area contributed by atoms with Crippen molar-refractivity contribution in [1.29, 1.82) is 0 Å². The van der Waals surface area contributed by atoms with Gasteiger partial charge in [-0.05, 0) is 48.4 Å². The Morgan fingerprint density at radius 1 is 0.690 bits per heavy atom. The van der Waals surface area contributed by atoms with E-state index >= 15 is 0 Å². The van der Waals surface area contributed by atoms with Crippen molar-refractivity contribution >= 4 is 22.1 Å². The maximum atomic E-state index is 4.77. The summed E-state index contributed by atoms with van der Waals surface area (Å²) in [6, 6.07) is 21.2. The molecule has 5 aromatic rings. The number of fused-ring (bicyclic) bond motifs is 2. The number of aryl methyl sites for hydroxylation is 1. The van der Waals surface area contributed by atoms with Gasteiger partial charge < -0.3 is 9.97 Å². The van der Waals surface area contributed by atoms with Gasteiger partial charge in [0.25, 0.3) is 0 Å². The number of H-pyrrole nitrogens is 2. The fourth-order valence-electron chi connectivity index (χ4n) is 3.66. The minimum Gasteiger partial charge on any atom is -0.342 e. The molecule has 2 N–H and O–H groups in total. The number of aromatic nitrogens is 4. The molecule has 2 aromatic heterocycles. The SMILES string of the molecule is Cc1cccc(-c2nc3ccc(-c4ccc5nc(C(C)(C)C)[nH]c5c4)cc3[nH]2)c1. The van der Waals surface area contributed by atoms with Gasteiger partial charge in [-0.2, -0.15) is 0 Å². The summed E-state index contributed by atoms with van der Waals surface area (Å²) in [6.07, 6.45) is 0. The summed E-state index contributed by atoms with van der Waals surface area (Å²) in [5, 5.41) is 0. The average Bonchev–Trinajstić information content (AvgIpc) is 3.30. The van der Waals surface area contributed by atoms with Crippen molar-refractivity contribution in [2.45, 2.75) is 33.1 Å². The second-order valence-electron chi connectivity index (χ2n) is 8.75. The van der Waals surface area contributed by atoms with Crippen molar-refractivity contribution in [1.82, 2.24) is 19.9 Å². The van der Waals surface area contributed by atoms with Crippen LogP contribution in [0.25, 0.3) is 44.6 Å². The number of rotatable bonds is 2. The van der Waals surface area contributed by atoms with Gasteiger partial charge in [0.1, 0.15) is 11.6 Å². The Morgan fingerprint density at radius 3 is 2.00 bits per heavy atom. The predicted octanol–water partition coefficient (Wildman–Crippen LogP) is 6.38. The van der Waals surface area contributed by atoms with Crippen LogP contribution in [0.4, 0.5) is 0 Å². The van der Waals surface area contributed by atoms with Crippen molar-refractivity contribution in [3.05, 3.63) is 72.1 Å². The van der Waals surface area contributed by atoms with E-state index in [1.807, 2.05) is 0 Å². The molecule has 0 fully saturated rings. The molecule has 0 aliphatic carbocycles. The fraction of sp³-hybridized carbons (Fsp3) is 0.200. The molecule has 0 spiro atoms. The molecule has 0 unspecified atom stereocenters. The quantitative estimate of drug-likeness (QED) is 0.373. The molecule has 4 heteroatoms. The summed E-state index contributed by atoms with van der Waals surface area (Å²) in [6.45, 7) is 8.61. The lowest BCUT2D eigenvalue weighted by molar-refractivity contribution is 0.554. The molecule has 29 heavy (non-hydrogen) atoms. The van der Waals surface area contributed by atoms with Crippen LogP contribution in [0.2, 0.25) is 0 Å². The number of hydrogen-bond donors (Lipinski definition) is 2. The lowest BCUT2D eigenvalue weighted by atomic mass is 9.96. The zero-order valence-electron chi connectivity index (χ0n) is 17.2. The lowest BCUT2D eigenvalue weighted by Gasteiger charge is -2.13. The van der Waals surface area contributed by atoms with Gasteiger partial charge in [-0.1, -0.05) is 56.7 Å². The second-order valence-corrected chi connectivity index (χ2v) is 8.75. The molecule has 0 atom stereocenters. The van der Waals surface area contributed by atoms with Crippen molar-refractivity contribution in [3.8, 4) is 22.5 Å². The Hall–Kier alpha value is -3.40. The monoisotopic (exact) mass is 380 g/mol. The molecule has 2 heterocycles. The minimum atomic E-state index is 0.000204. The Morgan fingerprint density at radius 2 is 1.34 bits per heavy atom. The molecular weight excluding hydrogens is 356 g/mol. The number of nitrogens with one attached hydrogen (secondary N) is 2. The standard InChI is InChI=1S/C25H24N4/c1-15-6-5-7-18(12-15)23-26-19-10-8-16(13-21(19)27-23)17-9-11-20-22(14-17)29-24(28-20)25(2,3)4/h5-14H,1-4H3,(H,26,27)(H,28,29). The Kier molecular flexibility index (Phi) is 3.85. The van der Waals surface area contributed by atoms with E-state index in [0.717, 1.165) is 50.4 Å². The Balaban J connectivity index is 1.56. The third-order valence-electron chi connectivity index (χ3n) is 5.30. The molecule has 4 nitrogen and oxygen atoms in total. The van der Waals surface area contributed by atoms with E-state index in [9.17, 15) is 0 Å². The molecule has 0 bridgehead atoms. The second kappa shape index (κ2) is 6.31. The summed E-state index contributed by atoms with van der Waals surface area (Å²) in [5.41, 5.74) is 8.74. The van der Waals surface area contributed by atoms with Crippen LogP contribution in [-0.4, -0.2) is 19.9 Å². The number of hydrogen-bond acceptors (Lipinski definition) is 2. The first-order chi connectivity index (χ1) is 13.9. The van der Waals surface area contributed by atoms with Gasteiger partial charge in [0.15, 0.2) is 0 Å². The highest BCUT2D eigenvalue weighted by atomic mass is 14.9. The number of nitrogens with zero attached hydrogens (tertiary/aromatic N) is 2. The van der Waals surface area contributed by atoms with Crippen molar-refractivity contribution in [2.24, 2.45) is 0 Å². The molecule has 0 aliphatic heterocycles. The lowest BCUT2D eigenvalue weighted by Crippen LogP contribution is -2.12. The summed E-state index contributed by atoms with van der Waals surface area (Å²) < 4.78 is 0. The summed E-state index contributed by atoms with van der Waals surface area (Å²) in [5.74, 6) is 1.91. The summed E-state index contributed by atoms with van der Waals surface area (Å²) in [7, 11) is 0. The topological polar surface area (TPSA) is 57.4 Å². The maximum Gasteiger partial charge on any atom is 0.138 e. The highest BCUT2D eigenvalue weighted by molar-refractivity contribution is 5.87. The number of imidazole rings is 2. The van der Waals surface area contributed by atoms with Crippen molar-refractivity contribution in [3.63, 3.8) is 0 Å². The summed E-state index contributed by atoms with van der Waals surface area (Å²) in [4.78, 5) is 16.5. The molecule has 0 radical (unpaired) electrons. The van der Waals surface area contributed by atoms with Crippen LogP contribution in [0.3, 0.4) is 0 Å². The van der Waals surface area contributed by atoms with E-state index in [1.165, 1.54) is 5.56 Å². The number of aromatic amines is 2. The van der Waals surface area contributed by atoms with Gasteiger partial charge in [-0.15, -0.1) is 0 Å². The van der Waals surface area contributed by atoms with Crippen molar-refractivity contribution in [2.75, 3.05) is 0 Å². The molecule has 0 saturated carbocycles. The molecule has 0 saturated heterocycles. The van der Waals surface area contributed by atoms with Gasteiger partial charge in [0.2, 0.25) is 0 Å². The molecule has 3 aromatic carbocycles. The van der Waals surface area contributed by atoms with E-state index in [0.29, 0.717) is 0 Å². The first-order valence-corrected chi connectivity index (χ1v) is 9.94. The highest BCUT2D eigenvalue weighted by Gasteiger charge is 2.18. The highest BCUT2D eigenvalue weighted by Crippen LogP contribution is 2.29. The van der Waals surface area contributed by atoms with Crippen LogP contribution in [0.1, 0.15) is 32.2 Å². The van der Waals surface area contributed by atoms with Gasteiger partial charge in [0.05, 0.1) is 22.1 Å². The van der Waals surface area contributed by atoms with E-state index < -0.39 is 0 Å². The van der Waals surface area contributed by atoms with Crippen LogP contribution in [0.5, 0.6) is 0 Å². The van der Waals surface area contributed by atoms with E-state index in [4.69, 9.17) is 9.97 Å². The van der Waals surface area contributed by atoms with E-state index in [2.05, 4.69) is 98.3 Å². The van der Waals surface area contributed by atoms with Crippen molar-refractivity contribution < 1.29 is 0 Å². The minimum absolute atomic E-state index is 0.000204. The Bertz CT molecular complexity index is 1350. The third-order valence-corrected chi connectivity index (χ3v) is 5.30. The predicted molar refractivity (Wildman–Crippen MR) is 120 cm³/mol. The van der Waals surface area contributed by atoms with Crippen LogP contribution in [0, 0.1) is 6.92 Å². The normalized spacial score (nSPS) is 12.1. The fourth-order valence-corrected chi connectivity index (χ4v) is 3.66. The third kappa shape index (κ3) is 3.21. The first-order valence-electron chi connectivity index (χ1n) is 9.94. The van der Waals surface area contributed by atoms with Gasteiger partial charge in [0, 0.05) is 11.0 Å². The Labute approximate surface area is 170 Å². The first kappa shape index (κ1) is 17.7. The van der Waals surface area contributed by atoms with Crippen LogP contribution >= 0.6 is 0 Å². The van der Waals surface area contributed by atoms with Gasteiger partial charge in [-0.25, -0.2) is 9.97 Å². The zero-order valence-corrected chi connectivity index (χ0v) is 17.2. The molecule has 5 rings (SSSR count). The zero-order chi connectivity index (χ0) is 20.2. The van der Waals surface area contributed by atoms with Crippen LogP contribution in [0.15, 0.2) is 60.7 Å². The smallest absolute Gasteiger partial charge is 0.138 e. The molecular formula is C25H24N4. The van der Waals surface area contributed by atoms with Crippen LogP contribution < -0.4 is 0 Å². The maximum absolute atomic E-state index is 4.77. The average molecular weight is 380 g/mol. The number of benzene rings is 3.